The number of amides is 2. The van der Waals surface area contributed by atoms with Crippen molar-refractivity contribution in [2.24, 2.45) is 0 Å². The summed E-state index contributed by atoms with van der Waals surface area (Å²) in [7, 11) is 0. The molecule has 2 amide bonds. The van der Waals surface area contributed by atoms with Crippen molar-refractivity contribution in [2.75, 3.05) is 19.6 Å². The molecule has 7 heteroatoms. The number of hydrogen-bond acceptors (Lipinski definition) is 4. The molecule has 0 bridgehead atoms. The van der Waals surface area contributed by atoms with E-state index in [0.717, 1.165) is 35.0 Å². The second-order valence-corrected chi connectivity index (χ2v) is 8.67. The fraction of sp³-hybridized carbons (Fsp3) is 0.455. The Morgan fingerprint density at radius 1 is 1.21 bits per heavy atom. The van der Waals surface area contributed by atoms with Gasteiger partial charge in [0, 0.05) is 47.5 Å². The van der Waals surface area contributed by atoms with Gasteiger partial charge >= 0.3 is 6.09 Å². The van der Waals surface area contributed by atoms with Gasteiger partial charge in [0.1, 0.15) is 5.60 Å². The van der Waals surface area contributed by atoms with Crippen molar-refractivity contribution in [3.8, 4) is 0 Å². The van der Waals surface area contributed by atoms with Crippen LogP contribution in [0.15, 0.2) is 36.2 Å². The first-order valence-electron chi connectivity index (χ1n) is 10.1. The molecule has 0 radical (unpaired) electrons. The topological polar surface area (TPSA) is 86.5 Å². The fourth-order valence-corrected chi connectivity index (χ4v) is 3.95. The van der Waals surface area contributed by atoms with Crippen molar-refractivity contribution in [1.82, 2.24) is 20.5 Å². The van der Waals surface area contributed by atoms with Crippen molar-refractivity contribution in [3.05, 3.63) is 41.7 Å². The highest BCUT2D eigenvalue weighted by atomic mass is 16.6. The van der Waals surface area contributed by atoms with Gasteiger partial charge in [0.15, 0.2) is 0 Å². The summed E-state index contributed by atoms with van der Waals surface area (Å²) in [4.78, 5) is 29.8. The first-order valence-corrected chi connectivity index (χ1v) is 10.1. The van der Waals surface area contributed by atoms with Crippen molar-refractivity contribution in [3.63, 3.8) is 0 Å². The van der Waals surface area contributed by atoms with Crippen LogP contribution in [0.5, 0.6) is 0 Å². The number of nitrogens with one attached hydrogen (secondary N) is 3. The smallest absolute Gasteiger partial charge is 0.410 e. The molecule has 1 aromatic heterocycles. The highest BCUT2D eigenvalue weighted by Gasteiger charge is 2.30. The minimum Gasteiger partial charge on any atom is -0.444 e. The number of fused-ring (bicyclic) bond motifs is 1. The maximum absolute atomic E-state index is 12.6. The minimum atomic E-state index is -0.485. The number of rotatable bonds is 3. The molecule has 0 atom stereocenters. The Balaban J connectivity index is 1.46. The van der Waals surface area contributed by atoms with E-state index in [2.05, 4.69) is 15.6 Å². The first kappa shape index (κ1) is 19.4. The average molecular weight is 396 g/mol. The van der Waals surface area contributed by atoms with E-state index >= 15 is 0 Å². The van der Waals surface area contributed by atoms with Crippen LogP contribution in [-0.2, 0) is 9.53 Å². The van der Waals surface area contributed by atoms with Crippen LogP contribution in [0.4, 0.5) is 4.79 Å². The number of aromatic amines is 1. The lowest BCUT2D eigenvalue weighted by atomic mass is 10.0. The molecule has 2 aromatic rings. The van der Waals surface area contributed by atoms with Gasteiger partial charge in [-0.05, 0) is 39.7 Å². The van der Waals surface area contributed by atoms with E-state index in [0.29, 0.717) is 25.2 Å². The molecule has 154 valence electrons. The predicted octanol–water partition coefficient (Wildman–Crippen LogP) is 3.00. The summed E-state index contributed by atoms with van der Waals surface area (Å²) in [6.45, 7) is 7.42. The summed E-state index contributed by atoms with van der Waals surface area (Å²) in [6, 6.07) is 8.20. The van der Waals surface area contributed by atoms with Gasteiger partial charge in [-0.25, -0.2) is 4.79 Å². The number of likely N-dealkylation sites (tertiary alicyclic amines) is 1. The normalized spacial score (nSPS) is 18.3. The zero-order valence-electron chi connectivity index (χ0n) is 17.2. The van der Waals surface area contributed by atoms with Crippen molar-refractivity contribution < 1.29 is 14.3 Å². The Labute approximate surface area is 170 Å². The van der Waals surface area contributed by atoms with Gasteiger partial charge in [-0.2, -0.15) is 0 Å². The molecule has 2 aliphatic heterocycles. The Hall–Kier alpha value is -2.96. The molecule has 0 saturated carbocycles. The third-order valence-electron chi connectivity index (χ3n) is 5.34. The van der Waals surface area contributed by atoms with Gasteiger partial charge in [0.05, 0.1) is 12.1 Å². The zero-order chi connectivity index (χ0) is 20.6. The number of para-hydroxylation sites is 1. The summed E-state index contributed by atoms with van der Waals surface area (Å²) in [5.74, 6) is -0.0524. The van der Waals surface area contributed by atoms with Crippen LogP contribution < -0.4 is 10.6 Å². The molecule has 1 aromatic carbocycles. The Kier molecular flexibility index (Phi) is 4.98. The van der Waals surface area contributed by atoms with Crippen molar-refractivity contribution >= 4 is 28.5 Å². The maximum atomic E-state index is 12.6. The fourth-order valence-electron chi connectivity index (χ4n) is 3.95. The molecule has 4 rings (SSSR count). The average Bonchev–Trinajstić information content (AvgIpc) is 3.24. The number of nitrogens with zero attached hydrogens (tertiary/aromatic N) is 1. The van der Waals surface area contributed by atoms with E-state index in [4.69, 9.17) is 4.74 Å². The number of carbonyl (C=O) groups excluding carboxylic acids is 2. The van der Waals surface area contributed by atoms with Gasteiger partial charge in [-0.1, -0.05) is 18.2 Å². The second-order valence-electron chi connectivity index (χ2n) is 8.67. The number of piperidine rings is 1. The van der Waals surface area contributed by atoms with Crippen LogP contribution in [-0.4, -0.2) is 53.2 Å². The molecule has 3 N–H and O–H groups in total. The van der Waals surface area contributed by atoms with E-state index in [-0.39, 0.29) is 18.0 Å². The van der Waals surface area contributed by atoms with E-state index in [1.54, 1.807) is 4.90 Å². The quantitative estimate of drug-likeness (QED) is 0.744. The third kappa shape index (κ3) is 4.09. The highest BCUT2D eigenvalue weighted by molar-refractivity contribution is 6.25. The van der Waals surface area contributed by atoms with E-state index in [9.17, 15) is 9.59 Å². The number of H-pyrrole nitrogens is 1. The van der Waals surface area contributed by atoms with Crippen LogP contribution in [0.25, 0.3) is 16.5 Å². The SMILES string of the molecule is CC(C)(C)OC(=O)N1CCC(NC2=C(c3c[nH]c4ccccc34)C(=O)NC2)CC1. The maximum Gasteiger partial charge on any atom is 0.410 e. The summed E-state index contributed by atoms with van der Waals surface area (Å²) in [6.07, 6.45) is 3.28. The van der Waals surface area contributed by atoms with Gasteiger partial charge in [0.25, 0.3) is 5.91 Å². The van der Waals surface area contributed by atoms with Crippen LogP contribution in [0, 0.1) is 0 Å². The van der Waals surface area contributed by atoms with Crippen LogP contribution in [0.1, 0.15) is 39.2 Å². The largest absolute Gasteiger partial charge is 0.444 e. The van der Waals surface area contributed by atoms with Gasteiger partial charge in [-0.15, -0.1) is 0 Å². The van der Waals surface area contributed by atoms with E-state index in [1.807, 2.05) is 51.2 Å². The lowest BCUT2D eigenvalue weighted by molar-refractivity contribution is -0.114. The molecule has 3 heterocycles. The zero-order valence-corrected chi connectivity index (χ0v) is 17.2. The molecular weight excluding hydrogens is 368 g/mol. The Morgan fingerprint density at radius 3 is 2.66 bits per heavy atom. The molecule has 29 heavy (non-hydrogen) atoms. The van der Waals surface area contributed by atoms with E-state index < -0.39 is 5.60 Å². The molecule has 7 nitrogen and oxygen atoms in total. The standard InChI is InChI=1S/C22H28N4O3/c1-22(2,3)29-21(28)26-10-8-14(9-11-26)25-18-13-24-20(27)19(18)16-12-23-17-7-5-4-6-15(16)17/h4-7,12,14,23,25H,8-11,13H2,1-3H3,(H,24,27). The molecular formula is C22H28N4O3. The third-order valence-corrected chi connectivity index (χ3v) is 5.34. The molecule has 1 saturated heterocycles. The molecule has 0 spiro atoms. The van der Waals surface area contributed by atoms with Gasteiger partial charge < -0.3 is 25.3 Å². The highest BCUT2D eigenvalue weighted by Crippen LogP contribution is 2.29. The van der Waals surface area contributed by atoms with Gasteiger partial charge in [-0.3, -0.25) is 4.79 Å². The van der Waals surface area contributed by atoms with Crippen molar-refractivity contribution in [1.29, 1.82) is 0 Å². The summed E-state index contributed by atoms with van der Waals surface area (Å²) in [5, 5.41) is 7.54. The number of hydrogen-bond donors (Lipinski definition) is 3. The summed E-state index contributed by atoms with van der Waals surface area (Å²) < 4.78 is 5.47. The van der Waals surface area contributed by atoms with Crippen molar-refractivity contribution in [2.45, 2.75) is 45.3 Å². The number of benzene rings is 1. The molecule has 2 aliphatic rings. The summed E-state index contributed by atoms with van der Waals surface area (Å²) in [5.41, 5.74) is 3.08. The molecule has 0 aliphatic carbocycles. The first-order chi connectivity index (χ1) is 13.8. The van der Waals surface area contributed by atoms with Crippen LogP contribution in [0.3, 0.4) is 0 Å². The predicted molar refractivity (Wildman–Crippen MR) is 112 cm³/mol. The lowest BCUT2D eigenvalue weighted by Gasteiger charge is -2.34. The van der Waals surface area contributed by atoms with Crippen LogP contribution >= 0.6 is 0 Å². The molecule has 0 unspecified atom stereocenters. The summed E-state index contributed by atoms with van der Waals surface area (Å²) >= 11 is 0. The number of ether oxygens (including phenoxy) is 1. The number of aromatic nitrogens is 1. The molecule has 1 fully saturated rings. The number of carbonyl (C=O) groups is 2. The van der Waals surface area contributed by atoms with Crippen LogP contribution in [0.2, 0.25) is 0 Å². The lowest BCUT2D eigenvalue weighted by Crippen LogP contribution is -2.46. The monoisotopic (exact) mass is 396 g/mol. The van der Waals surface area contributed by atoms with E-state index in [1.165, 1.54) is 0 Å². The minimum absolute atomic E-state index is 0.0524. The van der Waals surface area contributed by atoms with Gasteiger partial charge in [0.2, 0.25) is 0 Å². The Bertz CT molecular complexity index is 962. The Morgan fingerprint density at radius 2 is 1.93 bits per heavy atom. The second kappa shape index (κ2) is 7.46.